The maximum absolute atomic E-state index is 12.9. The number of anilines is 2. The van der Waals surface area contributed by atoms with Crippen LogP contribution >= 0.6 is 0 Å². The molecule has 1 aliphatic rings. The normalized spacial score (nSPS) is 14.5. The third-order valence-corrected chi connectivity index (χ3v) is 5.02. The quantitative estimate of drug-likeness (QED) is 0.390. The minimum Gasteiger partial charge on any atom is -0.404 e. The first-order valence-corrected chi connectivity index (χ1v) is 10.2. The molecule has 1 aliphatic heterocycles. The summed E-state index contributed by atoms with van der Waals surface area (Å²) in [6.07, 6.45) is 3.72. The molecule has 164 valence electrons. The van der Waals surface area contributed by atoms with Crippen LogP contribution in [0.4, 0.5) is 24.5 Å². The van der Waals surface area contributed by atoms with E-state index in [0.29, 0.717) is 5.57 Å². The predicted molar refractivity (Wildman–Crippen MR) is 117 cm³/mol. The first-order chi connectivity index (χ1) is 14.8. The average molecular weight is 430 g/mol. The molecule has 0 spiro atoms. The zero-order valence-electron chi connectivity index (χ0n) is 17.5. The number of carbonyl (C=O) groups excluding carboxylic acids is 1. The number of nitrogens with zero attached hydrogens (tertiary/aromatic N) is 2. The molecule has 1 amide bonds. The lowest BCUT2D eigenvalue weighted by atomic mass is 9.99. The number of halogens is 3. The van der Waals surface area contributed by atoms with Gasteiger partial charge in [0, 0.05) is 37.1 Å². The SMILES string of the molecule is CCCCCN1C=C/C(=C\C(=O)N(C)c2ccccc2OC(F)(F)F)c2ccccc21. The molecule has 0 radical (unpaired) electrons. The Morgan fingerprint density at radius 3 is 2.55 bits per heavy atom. The largest absolute Gasteiger partial charge is 0.573 e. The van der Waals surface area contributed by atoms with Crippen molar-refractivity contribution in [3.05, 3.63) is 72.4 Å². The van der Waals surface area contributed by atoms with Gasteiger partial charge in [-0.05, 0) is 36.3 Å². The standard InChI is InChI=1S/C24H25F3N2O2/c1-3-4-9-15-29-16-14-18(19-10-5-6-11-20(19)29)17-23(30)28(2)21-12-7-8-13-22(21)31-24(25,26)27/h5-8,10-14,16-17H,3-4,9,15H2,1-2H3/b18-17+. The predicted octanol–water partition coefficient (Wildman–Crippen LogP) is 6.16. The maximum atomic E-state index is 12.9. The van der Waals surface area contributed by atoms with Crippen molar-refractivity contribution in [1.29, 1.82) is 0 Å². The van der Waals surface area contributed by atoms with E-state index in [9.17, 15) is 18.0 Å². The van der Waals surface area contributed by atoms with E-state index in [1.54, 1.807) is 6.07 Å². The van der Waals surface area contributed by atoms with Crippen LogP contribution in [0.15, 0.2) is 66.9 Å². The first-order valence-electron chi connectivity index (χ1n) is 10.2. The number of benzene rings is 2. The lowest BCUT2D eigenvalue weighted by molar-refractivity contribution is -0.274. The van der Waals surface area contributed by atoms with Crippen molar-refractivity contribution in [2.45, 2.75) is 32.5 Å². The Balaban J connectivity index is 1.86. The van der Waals surface area contributed by atoms with E-state index in [-0.39, 0.29) is 5.69 Å². The highest BCUT2D eigenvalue weighted by molar-refractivity contribution is 6.08. The average Bonchev–Trinajstić information content (AvgIpc) is 2.74. The van der Waals surface area contributed by atoms with E-state index in [4.69, 9.17) is 0 Å². The summed E-state index contributed by atoms with van der Waals surface area (Å²) in [6.45, 7) is 3.03. The lowest BCUT2D eigenvalue weighted by Crippen LogP contribution is -2.27. The minimum atomic E-state index is -4.84. The minimum absolute atomic E-state index is 0.0379. The second-order valence-electron chi connectivity index (χ2n) is 7.25. The molecular weight excluding hydrogens is 405 g/mol. The summed E-state index contributed by atoms with van der Waals surface area (Å²) in [5, 5.41) is 0. The number of hydrogen-bond donors (Lipinski definition) is 0. The number of alkyl halides is 3. The van der Waals surface area contributed by atoms with Gasteiger partial charge in [-0.15, -0.1) is 13.2 Å². The van der Waals surface area contributed by atoms with Crippen molar-refractivity contribution in [3.63, 3.8) is 0 Å². The molecule has 7 heteroatoms. The zero-order chi connectivity index (χ0) is 22.4. The number of amides is 1. The van der Waals surface area contributed by atoms with Gasteiger partial charge >= 0.3 is 6.36 Å². The summed E-state index contributed by atoms with van der Waals surface area (Å²) in [6, 6.07) is 13.4. The van der Waals surface area contributed by atoms with Crippen LogP contribution in [0.3, 0.4) is 0 Å². The molecule has 4 nitrogen and oxygen atoms in total. The molecule has 2 aromatic carbocycles. The molecule has 0 aromatic heterocycles. The van der Waals surface area contributed by atoms with Gasteiger partial charge in [0.15, 0.2) is 5.75 Å². The second kappa shape index (κ2) is 9.73. The maximum Gasteiger partial charge on any atom is 0.573 e. The van der Waals surface area contributed by atoms with Crippen molar-refractivity contribution in [2.24, 2.45) is 0 Å². The fourth-order valence-corrected chi connectivity index (χ4v) is 3.46. The van der Waals surface area contributed by atoms with Crippen molar-refractivity contribution in [2.75, 3.05) is 23.4 Å². The van der Waals surface area contributed by atoms with Crippen molar-refractivity contribution < 1.29 is 22.7 Å². The Morgan fingerprint density at radius 2 is 1.81 bits per heavy atom. The molecular formula is C24H25F3N2O2. The van der Waals surface area contributed by atoms with Crippen LogP contribution in [-0.2, 0) is 4.79 Å². The summed E-state index contributed by atoms with van der Waals surface area (Å²) in [4.78, 5) is 16.2. The van der Waals surface area contributed by atoms with Gasteiger partial charge in [-0.1, -0.05) is 50.1 Å². The van der Waals surface area contributed by atoms with E-state index in [1.165, 1.54) is 31.3 Å². The van der Waals surface area contributed by atoms with Gasteiger partial charge in [0.25, 0.3) is 5.91 Å². The van der Waals surface area contributed by atoms with Gasteiger partial charge in [-0.25, -0.2) is 0 Å². The summed E-state index contributed by atoms with van der Waals surface area (Å²) in [5.74, 6) is -0.877. The Kier molecular flexibility index (Phi) is 7.05. The molecule has 0 atom stereocenters. The number of unbranched alkanes of at least 4 members (excludes halogenated alkanes) is 2. The molecule has 0 fully saturated rings. The summed E-state index contributed by atoms with van der Waals surface area (Å²) >= 11 is 0. The van der Waals surface area contributed by atoms with Crippen LogP contribution in [0.2, 0.25) is 0 Å². The van der Waals surface area contributed by atoms with Gasteiger partial charge in [-0.3, -0.25) is 4.79 Å². The van der Waals surface area contributed by atoms with Crippen molar-refractivity contribution >= 4 is 22.9 Å². The summed E-state index contributed by atoms with van der Waals surface area (Å²) < 4.78 is 42.2. The van der Waals surface area contributed by atoms with Crippen LogP contribution < -0.4 is 14.5 Å². The van der Waals surface area contributed by atoms with E-state index >= 15 is 0 Å². The molecule has 31 heavy (non-hydrogen) atoms. The van der Waals surface area contributed by atoms with Crippen LogP contribution in [0, 0.1) is 0 Å². The van der Waals surface area contributed by atoms with Gasteiger partial charge in [0.05, 0.1) is 5.69 Å². The number of rotatable bonds is 7. The Bertz CT molecular complexity index is 983. The van der Waals surface area contributed by atoms with E-state index < -0.39 is 18.0 Å². The summed E-state index contributed by atoms with van der Waals surface area (Å²) in [7, 11) is 1.42. The number of ether oxygens (including phenoxy) is 1. The Morgan fingerprint density at radius 1 is 1.10 bits per heavy atom. The highest BCUT2D eigenvalue weighted by Gasteiger charge is 2.33. The third kappa shape index (κ3) is 5.69. The lowest BCUT2D eigenvalue weighted by Gasteiger charge is -2.28. The van der Waals surface area contributed by atoms with Crippen molar-refractivity contribution in [1.82, 2.24) is 0 Å². The molecule has 0 saturated heterocycles. The topological polar surface area (TPSA) is 32.8 Å². The molecule has 0 bridgehead atoms. The zero-order valence-corrected chi connectivity index (χ0v) is 17.5. The number of allylic oxidation sites excluding steroid dienone is 2. The summed E-state index contributed by atoms with van der Waals surface area (Å²) in [5.41, 5.74) is 2.65. The highest BCUT2D eigenvalue weighted by atomic mass is 19.4. The molecule has 3 rings (SSSR count). The number of likely N-dealkylation sites (N-methyl/N-ethyl adjacent to an activating group) is 1. The molecule has 0 unspecified atom stereocenters. The van der Waals surface area contributed by atoms with Gasteiger partial charge in [-0.2, -0.15) is 0 Å². The smallest absolute Gasteiger partial charge is 0.404 e. The second-order valence-corrected chi connectivity index (χ2v) is 7.25. The molecule has 0 aliphatic carbocycles. The van der Waals surface area contributed by atoms with E-state index in [0.717, 1.165) is 42.0 Å². The van der Waals surface area contributed by atoms with E-state index in [2.05, 4.69) is 16.6 Å². The van der Waals surface area contributed by atoms with Gasteiger partial charge < -0.3 is 14.5 Å². The molecule has 0 saturated carbocycles. The molecule has 2 aromatic rings. The third-order valence-electron chi connectivity index (χ3n) is 5.02. The monoisotopic (exact) mass is 430 g/mol. The van der Waals surface area contributed by atoms with Gasteiger partial charge in [0.1, 0.15) is 0 Å². The van der Waals surface area contributed by atoms with Crippen LogP contribution in [0.1, 0.15) is 31.7 Å². The highest BCUT2D eigenvalue weighted by Crippen LogP contribution is 2.35. The van der Waals surface area contributed by atoms with Crippen LogP contribution in [-0.4, -0.2) is 25.9 Å². The first kappa shape index (κ1) is 22.5. The number of para-hydroxylation sites is 3. The number of fused-ring (bicyclic) bond motifs is 1. The molecule has 1 heterocycles. The number of carbonyl (C=O) groups is 1. The Hall–Kier alpha value is -3.22. The van der Waals surface area contributed by atoms with E-state index in [1.807, 2.05) is 36.5 Å². The molecule has 0 N–H and O–H groups in total. The fourth-order valence-electron chi connectivity index (χ4n) is 3.46. The fraction of sp³-hybridized carbons (Fsp3) is 0.292. The number of hydrogen-bond acceptors (Lipinski definition) is 3. The van der Waals surface area contributed by atoms with Crippen LogP contribution in [0.5, 0.6) is 5.75 Å². The Labute approximate surface area is 180 Å². The van der Waals surface area contributed by atoms with Crippen molar-refractivity contribution in [3.8, 4) is 5.75 Å². The van der Waals surface area contributed by atoms with Gasteiger partial charge in [0.2, 0.25) is 0 Å². The van der Waals surface area contributed by atoms with Crippen LogP contribution in [0.25, 0.3) is 5.57 Å².